The number of nitrogen functional groups attached to an aromatic ring is 1. The minimum absolute atomic E-state index is 0.0110. The molecule has 0 aliphatic carbocycles. The van der Waals surface area contributed by atoms with E-state index in [9.17, 15) is 9.18 Å². The molecule has 0 aliphatic heterocycles. The lowest BCUT2D eigenvalue weighted by Gasteiger charge is -2.07. The van der Waals surface area contributed by atoms with Crippen molar-refractivity contribution < 1.29 is 18.7 Å². The molecule has 0 saturated carbocycles. The van der Waals surface area contributed by atoms with Crippen LogP contribution in [0, 0.1) is 5.82 Å². The fraction of sp³-hybridized carbons (Fsp3) is 0.364. The van der Waals surface area contributed by atoms with Gasteiger partial charge in [-0.05, 0) is 18.2 Å². The number of hydrogen-bond donors (Lipinski definition) is 2. The van der Waals surface area contributed by atoms with Gasteiger partial charge in [0.05, 0.1) is 18.9 Å². The van der Waals surface area contributed by atoms with Crippen molar-refractivity contribution in [3.05, 3.63) is 24.0 Å². The van der Waals surface area contributed by atoms with E-state index in [0.29, 0.717) is 18.9 Å². The first kappa shape index (κ1) is 13.4. The first-order chi connectivity index (χ1) is 8.13. The van der Waals surface area contributed by atoms with E-state index in [-0.39, 0.29) is 18.2 Å². The van der Waals surface area contributed by atoms with Gasteiger partial charge in [-0.2, -0.15) is 0 Å². The molecule has 0 atom stereocenters. The highest BCUT2D eigenvalue weighted by molar-refractivity contribution is 5.92. The minimum Gasteiger partial charge on any atom is -0.396 e. The second-order valence-corrected chi connectivity index (χ2v) is 3.33. The molecule has 6 heteroatoms. The number of rotatable bonds is 6. The monoisotopic (exact) mass is 242 g/mol. The fourth-order valence-corrected chi connectivity index (χ4v) is 1.13. The van der Waals surface area contributed by atoms with Gasteiger partial charge < -0.3 is 20.5 Å². The zero-order valence-electron chi connectivity index (χ0n) is 9.53. The summed E-state index contributed by atoms with van der Waals surface area (Å²) >= 11 is 0. The van der Waals surface area contributed by atoms with E-state index in [1.807, 2.05) is 0 Å². The van der Waals surface area contributed by atoms with Crippen LogP contribution >= 0.6 is 0 Å². The number of nitrogens with one attached hydrogen (secondary N) is 1. The Morgan fingerprint density at radius 2 is 2.24 bits per heavy atom. The molecule has 0 fully saturated rings. The molecule has 17 heavy (non-hydrogen) atoms. The first-order valence-corrected chi connectivity index (χ1v) is 5.05. The number of benzene rings is 1. The van der Waals surface area contributed by atoms with E-state index < -0.39 is 5.82 Å². The van der Waals surface area contributed by atoms with Crippen molar-refractivity contribution in [2.75, 3.05) is 38.0 Å². The number of amides is 1. The molecule has 1 aromatic carbocycles. The number of halogens is 1. The van der Waals surface area contributed by atoms with Crippen molar-refractivity contribution in [3.8, 4) is 0 Å². The third kappa shape index (κ3) is 4.80. The van der Waals surface area contributed by atoms with Crippen molar-refractivity contribution in [2.45, 2.75) is 0 Å². The lowest BCUT2D eigenvalue weighted by atomic mass is 10.2. The molecule has 0 unspecified atom stereocenters. The molecule has 0 bridgehead atoms. The molecule has 5 nitrogen and oxygen atoms in total. The van der Waals surface area contributed by atoms with E-state index in [1.165, 1.54) is 18.2 Å². The molecule has 0 saturated heterocycles. The highest BCUT2D eigenvalue weighted by Crippen LogP contribution is 2.15. The lowest BCUT2D eigenvalue weighted by Crippen LogP contribution is -2.19. The number of anilines is 2. The van der Waals surface area contributed by atoms with Gasteiger partial charge in [0.1, 0.15) is 12.4 Å². The summed E-state index contributed by atoms with van der Waals surface area (Å²) in [6.45, 7) is 0.687. The Bertz CT molecular complexity index is 385. The predicted octanol–water partition coefficient (Wildman–Crippen LogP) is 1.01. The van der Waals surface area contributed by atoms with Crippen LogP contribution in [0.1, 0.15) is 0 Å². The van der Waals surface area contributed by atoms with Gasteiger partial charge in [0.25, 0.3) is 0 Å². The van der Waals surface area contributed by atoms with Gasteiger partial charge in [-0.25, -0.2) is 4.39 Å². The SMILES string of the molecule is COCCOCC(=O)Nc1ccc(F)c(N)c1. The number of nitrogens with two attached hydrogens (primary N) is 1. The molecule has 94 valence electrons. The molecule has 0 radical (unpaired) electrons. The zero-order chi connectivity index (χ0) is 12.7. The topological polar surface area (TPSA) is 73.6 Å². The molecule has 1 aromatic rings. The maximum absolute atomic E-state index is 12.8. The maximum atomic E-state index is 12.8. The summed E-state index contributed by atoms with van der Waals surface area (Å²) in [5, 5.41) is 2.54. The third-order valence-corrected chi connectivity index (χ3v) is 1.94. The fourth-order valence-electron chi connectivity index (χ4n) is 1.13. The van der Waals surface area contributed by atoms with Crippen LogP contribution in [0.3, 0.4) is 0 Å². The van der Waals surface area contributed by atoms with Gasteiger partial charge in [0, 0.05) is 12.8 Å². The minimum atomic E-state index is -0.514. The summed E-state index contributed by atoms with van der Waals surface area (Å²) in [7, 11) is 1.55. The molecular formula is C11H15FN2O3. The number of carbonyl (C=O) groups is 1. The van der Waals surface area contributed by atoms with Gasteiger partial charge in [0.2, 0.25) is 5.91 Å². The number of methoxy groups -OCH3 is 1. The van der Waals surface area contributed by atoms with E-state index in [4.69, 9.17) is 15.2 Å². The number of carbonyl (C=O) groups excluding carboxylic acids is 1. The summed E-state index contributed by atoms with van der Waals surface area (Å²) < 4.78 is 22.6. The smallest absolute Gasteiger partial charge is 0.250 e. The Balaban J connectivity index is 2.37. The van der Waals surface area contributed by atoms with Crippen LogP contribution in [0.2, 0.25) is 0 Å². The van der Waals surface area contributed by atoms with Crippen molar-refractivity contribution in [3.63, 3.8) is 0 Å². The summed E-state index contributed by atoms with van der Waals surface area (Å²) in [5.41, 5.74) is 5.79. The van der Waals surface area contributed by atoms with Crippen LogP contribution in [0.5, 0.6) is 0 Å². The Morgan fingerprint density at radius 1 is 1.47 bits per heavy atom. The van der Waals surface area contributed by atoms with E-state index >= 15 is 0 Å². The highest BCUT2D eigenvalue weighted by atomic mass is 19.1. The quantitative estimate of drug-likeness (QED) is 0.576. The second kappa shape index (κ2) is 6.82. The second-order valence-electron chi connectivity index (χ2n) is 3.33. The molecule has 1 rings (SSSR count). The number of hydrogen-bond acceptors (Lipinski definition) is 4. The van der Waals surface area contributed by atoms with Crippen LogP contribution in [-0.4, -0.2) is 32.8 Å². The van der Waals surface area contributed by atoms with Gasteiger partial charge >= 0.3 is 0 Å². The van der Waals surface area contributed by atoms with Gasteiger partial charge in [-0.15, -0.1) is 0 Å². The van der Waals surface area contributed by atoms with Crippen LogP contribution in [0.25, 0.3) is 0 Å². The molecule has 0 spiro atoms. The van der Waals surface area contributed by atoms with Crippen molar-refractivity contribution in [1.82, 2.24) is 0 Å². The lowest BCUT2D eigenvalue weighted by molar-refractivity contribution is -0.121. The summed E-state index contributed by atoms with van der Waals surface area (Å²) in [6.07, 6.45) is 0. The predicted molar refractivity (Wildman–Crippen MR) is 62.1 cm³/mol. The molecule has 3 N–H and O–H groups in total. The average molecular weight is 242 g/mol. The molecular weight excluding hydrogens is 227 g/mol. The number of ether oxygens (including phenoxy) is 2. The van der Waals surface area contributed by atoms with Crippen molar-refractivity contribution in [1.29, 1.82) is 0 Å². The first-order valence-electron chi connectivity index (χ1n) is 5.05. The molecule has 0 aromatic heterocycles. The van der Waals surface area contributed by atoms with Gasteiger partial charge in [0.15, 0.2) is 0 Å². The Morgan fingerprint density at radius 3 is 2.88 bits per heavy atom. The summed E-state index contributed by atoms with van der Waals surface area (Å²) in [4.78, 5) is 11.4. The Labute approximate surface area is 98.7 Å². The molecule has 0 aliphatic rings. The Kier molecular flexibility index (Phi) is 5.38. The standard InChI is InChI=1S/C11H15FN2O3/c1-16-4-5-17-7-11(15)14-8-2-3-9(12)10(13)6-8/h2-3,6H,4-5,7,13H2,1H3,(H,14,15). The van der Waals surface area contributed by atoms with E-state index in [1.54, 1.807) is 7.11 Å². The van der Waals surface area contributed by atoms with Crippen LogP contribution in [-0.2, 0) is 14.3 Å². The van der Waals surface area contributed by atoms with Crippen molar-refractivity contribution in [2.24, 2.45) is 0 Å². The zero-order valence-corrected chi connectivity index (χ0v) is 9.53. The van der Waals surface area contributed by atoms with E-state index in [0.717, 1.165) is 0 Å². The van der Waals surface area contributed by atoms with Crippen LogP contribution in [0.4, 0.5) is 15.8 Å². The van der Waals surface area contributed by atoms with Crippen LogP contribution in [0.15, 0.2) is 18.2 Å². The third-order valence-electron chi connectivity index (χ3n) is 1.94. The molecule has 0 heterocycles. The maximum Gasteiger partial charge on any atom is 0.250 e. The highest BCUT2D eigenvalue weighted by Gasteiger charge is 2.04. The molecule has 1 amide bonds. The average Bonchev–Trinajstić information content (AvgIpc) is 2.30. The van der Waals surface area contributed by atoms with E-state index in [2.05, 4.69) is 5.32 Å². The summed E-state index contributed by atoms with van der Waals surface area (Å²) in [6, 6.07) is 3.97. The Hall–Kier alpha value is -1.66. The summed E-state index contributed by atoms with van der Waals surface area (Å²) in [5.74, 6) is -0.841. The van der Waals surface area contributed by atoms with Crippen LogP contribution < -0.4 is 11.1 Å². The van der Waals surface area contributed by atoms with Gasteiger partial charge in [-0.3, -0.25) is 4.79 Å². The normalized spacial score (nSPS) is 10.2. The largest absolute Gasteiger partial charge is 0.396 e. The van der Waals surface area contributed by atoms with Crippen molar-refractivity contribution >= 4 is 17.3 Å². The van der Waals surface area contributed by atoms with Gasteiger partial charge in [-0.1, -0.05) is 0 Å².